The Morgan fingerprint density at radius 2 is 2.00 bits per heavy atom. The molecule has 0 heterocycles. The standard InChI is InChI=1S/C9H18O3/c1-8(2)4-6-12-7-5-9(10)11-3/h8H,4-7H2,1-3H3. The molecule has 0 bridgehead atoms. The van der Waals surface area contributed by atoms with Gasteiger partial charge in [-0.2, -0.15) is 0 Å². The molecule has 0 aliphatic rings. The Hall–Kier alpha value is -0.570. The first-order valence-electron chi connectivity index (χ1n) is 4.31. The van der Waals surface area contributed by atoms with Crippen molar-refractivity contribution in [3.05, 3.63) is 0 Å². The molecule has 3 heteroatoms. The Kier molecular flexibility index (Phi) is 6.76. The molecular formula is C9H18O3. The van der Waals surface area contributed by atoms with E-state index in [1.54, 1.807) is 0 Å². The third-order valence-corrected chi connectivity index (χ3v) is 1.52. The fraction of sp³-hybridized carbons (Fsp3) is 0.889. The first-order chi connectivity index (χ1) is 5.66. The van der Waals surface area contributed by atoms with Crippen LogP contribution in [0.1, 0.15) is 26.7 Å². The number of methoxy groups -OCH3 is 1. The third kappa shape index (κ3) is 7.54. The SMILES string of the molecule is COC(=O)CCOCCC(C)C. The van der Waals surface area contributed by atoms with Gasteiger partial charge in [-0.3, -0.25) is 4.79 Å². The molecule has 0 saturated carbocycles. The van der Waals surface area contributed by atoms with E-state index in [9.17, 15) is 4.79 Å². The van der Waals surface area contributed by atoms with Gasteiger partial charge in [0, 0.05) is 6.61 Å². The molecule has 0 aliphatic heterocycles. The largest absolute Gasteiger partial charge is 0.469 e. The summed E-state index contributed by atoms with van der Waals surface area (Å²) in [6, 6.07) is 0. The number of hydrogen-bond acceptors (Lipinski definition) is 3. The van der Waals surface area contributed by atoms with E-state index in [0.29, 0.717) is 18.9 Å². The van der Waals surface area contributed by atoms with Crippen molar-refractivity contribution < 1.29 is 14.3 Å². The molecule has 0 rings (SSSR count). The molecule has 3 nitrogen and oxygen atoms in total. The summed E-state index contributed by atoms with van der Waals surface area (Å²) in [7, 11) is 1.39. The average molecular weight is 174 g/mol. The second-order valence-corrected chi connectivity index (χ2v) is 3.12. The molecule has 12 heavy (non-hydrogen) atoms. The number of carbonyl (C=O) groups excluding carboxylic acids is 1. The summed E-state index contributed by atoms with van der Waals surface area (Å²) in [6.07, 6.45) is 1.40. The van der Waals surface area contributed by atoms with Gasteiger partial charge in [0.05, 0.1) is 20.1 Å². The van der Waals surface area contributed by atoms with Crippen molar-refractivity contribution >= 4 is 5.97 Å². The molecular weight excluding hydrogens is 156 g/mol. The summed E-state index contributed by atoms with van der Waals surface area (Å²) in [5, 5.41) is 0. The normalized spacial score (nSPS) is 10.3. The zero-order valence-corrected chi connectivity index (χ0v) is 8.13. The van der Waals surface area contributed by atoms with Crippen molar-refractivity contribution in [2.24, 2.45) is 5.92 Å². The summed E-state index contributed by atoms with van der Waals surface area (Å²) < 4.78 is 9.68. The number of hydrogen-bond donors (Lipinski definition) is 0. The van der Waals surface area contributed by atoms with Crippen LogP contribution in [0.15, 0.2) is 0 Å². The van der Waals surface area contributed by atoms with Crippen LogP contribution in [-0.2, 0) is 14.3 Å². The van der Waals surface area contributed by atoms with Crippen LogP contribution in [0, 0.1) is 5.92 Å². The number of carbonyl (C=O) groups is 1. The van der Waals surface area contributed by atoms with Gasteiger partial charge in [-0.1, -0.05) is 13.8 Å². The van der Waals surface area contributed by atoms with E-state index >= 15 is 0 Å². The molecule has 0 saturated heterocycles. The minimum Gasteiger partial charge on any atom is -0.469 e. The maximum atomic E-state index is 10.6. The Bertz CT molecular complexity index is 121. The molecule has 0 atom stereocenters. The van der Waals surface area contributed by atoms with Gasteiger partial charge in [-0.05, 0) is 12.3 Å². The molecule has 0 amide bonds. The van der Waals surface area contributed by atoms with E-state index in [4.69, 9.17) is 4.74 Å². The highest BCUT2D eigenvalue weighted by Gasteiger charge is 1.99. The summed E-state index contributed by atoms with van der Waals surface area (Å²) in [5.41, 5.74) is 0. The van der Waals surface area contributed by atoms with E-state index in [1.807, 2.05) is 0 Å². The van der Waals surface area contributed by atoms with Gasteiger partial charge in [0.15, 0.2) is 0 Å². The van der Waals surface area contributed by atoms with E-state index in [-0.39, 0.29) is 5.97 Å². The third-order valence-electron chi connectivity index (χ3n) is 1.52. The van der Waals surface area contributed by atoms with Crippen molar-refractivity contribution in [3.63, 3.8) is 0 Å². The van der Waals surface area contributed by atoms with Gasteiger partial charge >= 0.3 is 5.97 Å². The van der Waals surface area contributed by atoms with Crippen molar-refractivity contribution in [2.45, 2.75) is 26.7 Å². The minimum absolute atomic E-state index is 0.209. The van der Waals surface area contributed by atoms with Crippen LogP contribution < -0.4 is 0 Å². The minimum atomic E-state index is -0.209. The van der Waals surface area contributed by atoms with Gasteiger partial charge in [-0.15, -0.1) is 0 Å². The predicted octanol–water partition coefficient (Wildman–Crippen LogP) is 1.61. The van der Waals surface area contributed by atoms with E-state index in [0.717, 1.165) is 13.0 Å². The molecule has 0 aromatic rings. The maximum absolute atomic E-state index is 10.6. The monoisotopic (exact) mass is 174 g/mol. The van der Waals surface area contributed by atoms with Crippen molar-refractivity contribution in [1.29, 1.82) is 0 Å². The fourth-order valence-electron chi connectivity index (χ4n) is 0.679. The highest BCUT2D eigenvalue weighted by molar-refractivity contribution is 5.69. The van der Waals surface area contributed by atoms with Crippen LogP contribution in [0.3, 0.4) is 0 Å². The molecule has 0 aliphatic carbocycles. The Labute approximate surface area is 74.0 Å². The maximum Gasteiger partial charge on any atom is 0.307 e. The van der Waals surface area contributed by atoms with E-state index in [2.05, 4.69) is 18.6 Å². The molecule has 0 aromatic carbocycles. The molecule has 0 radical (unpaired) electrons. The van der Waals surface area contributed by atoms with Crippen LogP contribution >= 0.6 is 0 Å². The molecule has 0 aromatic heterocycles. The second kappa shape index (κ2) is 7.10. The Morgan fingerprint density at radius 3 is 2.50 bits per heavy atom. The second-order valence-electron chi connectivity index (χ2n) is 3.12. The highest BCUT2D eigenvalue weighted by Crippen LogP contribution is 1.99. The molecule has 72 valence electrons. The van der Waals surface area contributed by atoms with Crippen LogP contribution in [0.2, 0.25) is 0 Å². The van der Waals surface area contributed by atoms with Gasteiger partial charge < -0.3 is 9.47 Å². The molecule has 0 N–H and O–H groups in total. The fourth-order valence-corrected chi connectivity index (χ4v) is 0.679. The van der Waals surface area contributed by atoms with Crippen molar-refractivity contribution in [2.75, 3.05) is 20.3 Å². The summed E-state index contributed by atoms with van der Waals surface area (Å²) in [4.78, 5) is 10.6. The molecule has 0 fully saturated rings. The van der Waals surface area contributed by atoms with Gasteiger partial charge in [0.25, 0.3) is 0 Å². The zero-order chi connectivity index (χ0) is 9.40. The van der Waals surface area contributed by atoms with Crippen molar-refractivity contribution in [1.82, 2.24) is 0 Å². The first kappa shape index (κ1) is 11.4. The topological polar surface area (TPSA) is 35.5 Å². The highest BCUT2D eigenvalue weighted by atomic mass is 16.5. The van der Waals surface area contributed by atoms with Gasteiger partial charge in [0.1, 0.15) is 0 Å². The molecule has 0 spiro atoms. The summed E-state index contributed by atoms with van der Waals surface area (Å²) in [5.74, 6) is 0.447. The van der Waals surface area contributed by atoms with E-state index in [1.165, 1.54) is 7.11 Å². The van der Waals surface area contributed by atoms with Crippen molar-refractivity contribution in [3.8, 4) is 0 Å². The van der Waals surface area contributed by atoms with Gasteiger partial charge in [-0.25, -0.2) is 0 Å². The van der Waals surface area contributed by atoms with Gasteiger partial charge in [0.2, 0.25) is 0 Å². The quantitative estimate of drug-likeness (QED) is 0.453. The average Bonchev–Trinajstić information content (AvgIpc) is 2.03. The Balaban J connectivity index is 3.05. The molecule has 0 unspecified atom stereocenters. The van der Waals surface area contributed by atoms with E-state index < -0.39 is 0 Å². The predicted molar refractivity (Wildman–Crippen MR) is 46.9 cm³/mol. The summed E-state index contributed by atoms with van der Waals surface area (Å²) in [6.45, 7) is 5.49. The lowest BCUT2D eigenvalue weighted by molar-refractivity contribution is -0.141. The lowest BCUT2D eigenvalue weighted by Crippen LogP contribution is -2.07. The smallest absolute Gasteiger partial charge is 0.307 e. The number of esters is 1. The number of rotatable bonds is 6. The number of ether oxygens (including phenoxy) is 2. The van der Waals surface area contributed by atoms with Crippen LogP contribution in [-0.4, -0.2) is 26.3 Å². The van der Waals surface area contributed by atoms with Crippen LogP contribution in [0.4, 0.5) is 0 Å². The lowest BCUT2D eigenvalue weighted by atomic mass is 10.1. The first-order valence-corrected chi connectivity index (χ1v) is 4.31. The summed E-state index contributed by atoms with van der Waals surface area (Å²) >= 11 is 0. The lowest BCUT2D eigenvalue weighted by Gasteiger charge is -2.05. The van der Waals surface area contributed by atoms with Crippen LogP contribution in [0.25, 0.3) is 0 Å². The Morgan fingerprint density at radius 1 is 1.33 bits per heavy atom. The zero-order valence-electron chi connectivity index (χ0n) is 8.13. The van der Waals surface area contributed by atoms with Crippen LogP contribution in [0.5, 0.6) is 0 Å².